The van der Waals surface area contributed by atoms with E-state index >= 15 is 0 Å². The summed E-state index contributed by atoms with van der Waals surface area (Å²) in [6.45, 7) is 0. The van der Waals surface area contributed by atoms with Crippen molar-refractivity contribution in [3.05, 3.63) is 82.4 Å². The molecule has 1 aromatic heterocycles. The van der Waals surface area contributed by atoms with E-state index in [0.717, 1.165) is 12.0 Å². The molecule has 118 valence electrons. The first-order valence-electron chi connectivity index (χ1n) is 7.59. The van der Waals surface area contributed by atoms with Crippen LogP contribution in [-0.2, 0) is 4.74 Å². The van der Waals surface area contributed by atoms with Crippen molar-refractivity contribution in [2.24, 2.45) is 10.9 Å². The Kier molecular flexibility index (Phi) is 3.46. The summed E-state index contributed by atoms with van der Waals surface area (Å²) >= 11 is 0. The first-order chi connectivity index (χ1) is 11.7. The zero-order chi connectivity index (χ0) is 16.5. The van der Waals surface area contributed by atoms with Gasteiger partial charge < -0.3 is 9.15 Å². The SMILES string of the molecule is O=C(OC1=NC=CC2C=CCC=C12)c1cc2ccccc2oc1=O. The van der Waals surface area contributed by atoms with Gasteiger partial charge in [-0.05, 0) is 18.6 Å². The number of hydrogen-bond donors (Lipinski definition) is 0. The van der Waals surface area contributed by atoms with Gasteiger partial charge in [-0.15, -0.1) is 0 Å². The third-order valence-corrected chi connectivity index (χ3v) is 3.96. The fraction of sp³-hybridized carbons (Fsp3) is 0.105. The number of rotatable bonds is 1. The van der Waals surface area contributed by atoms with Crippen LogP contribution in [0.1, 0.15) is 16.8 Å². The lowest BCUT2D eigenvalue weighted by Crippen LogP contribution is -2.24. The molecular formula is C19H13NO4. The molecule has 5 nitrogen and oxygen atoms in total. The molecule has 2 aliphatic rings. The number of aliphatic imine (C=N–C) groups is 1. The van der Waals surface area contributed by atoms with Crippen LogP contribution in [-0.4, -0.2) is 11.9 Å². The lowest BCUT2D eigenvalue weighted by Gasteiger charge is -2.20. The number of nitrogens with zero attached hydrogens (tertiary/aromatic N) is 1. The number of carbonyl (C=O) groups is 1. The molecule has 4 rings (SSSR count). The molecule has 1 unspecified atom stereocenters. The Hall–Kier alpha value is -3.21. The number of para-hydroxylation sites is 1. The summed E-state index contributed by atoms with van der Waals surface area (Å²) in [6.07, 6.45) is 10.3. The molecular weight excluding hydrogens is 306 g/mol. The number of allylic oxidation sites excluding steroid dienone is 4. The second-order valence-corrected chi connectivity index (χ2v) is 5.50. The van der Waals surface area contributed by atoms with Gasteiger partial charge in [-0.1, -0.05) is 42.5 Å². The van der Waals surface area contributed by atoms with Crippen LogP contribution in [0.25, 0.3) is 11.0 Å². The van der Waals surface area contributed by atoms with Crippen molar-refractivity contribution >= 4 is 22.8 Å². The van der Waals surface area contributed by atoms with Crippen molar-refractivity contribution in [3.63, 3.8) is 0 Å². The Balaban J connectivity index is 1.66. The third kappa shape index (κ3) is 2.50. The summed E-state index contributed by atoms with van der Waals surface area (Å²) in [4.78, 5) is 28.6. The quantitative estimate of drug-likeness (QED) is 0.459. The molecule has 0 saturated heterocycles. The van der Waals surface area contributed by atoms with Crippen LogP contribution in [0.4, 0.5) is 0 Å². The van der Waals surface area contributed by atoms with Gasteiger partial charge in [0, 0.05) is 23.1 Å². The van der Waals surface area contributed by atoms with Gasteiger partial charge in [0.2, 0.25) is 5.90 Å². The van der Waals surface area contributed by atoms with E-state index < -0.39 is 11.6 Å². The summed E-state index contributed by atoms with van der Waals surface area (Å²) in [7, 11) is 0. The summed E-state index contributed by atoms with van der Waals surface area (Å²) < 4.78 is 10.5. The number of esters is 1. The van der Waals surface area contributed by atoms with Crippen molar-refractivity contribution < 1.29 is 13.9 Å². The molecule has 0 radical (unpaired) electrons. The van der Waals surface area contributed by atoms with E-state index in [-0.39, 0.29) is 17.4 Å². The predicted molar refractivity (Wildman–Crippen MR) is 89.8 cm³/mol. The molecule has 5 heteroatoms. The minimum atomic E-state index is -0.766. The maximum absolute atomic E-state index is 12.4. The summed E-state index contributed by atoms with van der Waals surface area (Å²) in [5.41, 5.74) is 0.393. The molecule has 0 fully saturated rings. The van der Waals surface area contributed by atoms with E-state index in [0.29, 0.717) is 11.0 Å². The number of fused-ring (bicyclic) bond motifs is 2. The van der Waals surface area contributed by atoms with Gasteiger partial charge in [0.15, 0.2) is 0 Å². The van der Waals surface area contributed by atoms with Crippen LogP contribution in [0.2, 0.25) is 0 Å². The molecule has 0 spiro atoms. The third-order valence-electron chi connectivity index (χ3n) is 3.96. The smallest absolute Gasteiger partial charge is 0.352 e. The van der Waals surface area contributed by atoms with Crippen molar-refractivity contribution in [1.29, 1.82) is 0 Å². The normalized spacial score (nSPS) is 18.8. The van der Waals surface area contributed by atoms with E-state index in [2.05, 4.69) is 4.99 Å². The number of benzene rings is 1. The second kappa shape index (κ2) is 5.77. The molecule has 2 heterocycles. The second-order valence-electron chi connectivity index (χ2n) is 5.50. The molecule has 0 N–H and O–H groups in total. The molecule has 1 aromatic carbocycles. The molecule has 2 aromatic rings. The number of carbonyl (C=O) groups excluding carboxylic acids is 1. The Morgan fingerprint density at radius 2 is 2.12 bits per heavy atom. The molecule has 1 atom stereocenters. The van der Waals surface area contributed by atoms with E-state index in [9.17, 15) is 9.59 Å². The van der Waals surface area contributed by atoms with E-state index in [1.54, 1.807) is 30.5 Å². The fourth-order valence-corrected chi connectivity index (χ4v) is 2.77. The zero-order valence-corrected chi connectivity index (χ0v) is 12.6. The summed E-state index contributed by atoms with van der Waals surface area (Å²) in [5.74, 6) is -0.491. The van der Waals surface area contributed by atoms with Gasteiger partial charge >= 0.3 is 11.6 Å². The van der Waals surface area contributed by atoms with Crippen LogP contribution >= 0.6 is 0 Å². The van der Waals surface area contributed by atoms with Crippen molar-refractivity contribution in [2.45, 2.75) is 6.42 Å². The average Bonchev–Trinajstić information content (AvgIpc) is 2.61. The highest BCUT2D eigenvalue weighted by atomic mass is 16.5. The van der Waals surface area contributed by atoms with Crippen LogP contribution in [0, 0.1) is 5.92 Å². The van der Waals surface area contributed by atoms with Crippen LogP contribution in [0.5, 0.6) is 0 Å². The monoisotopic (exact) mass is 319 g/mol. The zero-order valence-electron chi connectivity index (χ0n) is 12.6. The van der Waals surface area contributed by atoms with Crippen molar-refractivity contribution in [1.82, 2.24) is 0 Å². The topological polar surface area (TPSA) is 68.9 Å². The highest BCUT2D eigenvalue weighted by Gasteiger charge is 2.25. The Bertz CT molecular complexity index is 1010. The molecule has 0 bridgehead atoms. The number of ether oxygens (including phenoxy) is 1. The lowest BCUT2D eigenvalue weighted by atomic mass is 9.92. The molecule has 0 saturated carbocycles. The molecule has 1 aliphatic carbocycles. The highest BCUT2D eigenvalue weighted by molar-refractivity contribution is 6.06. The summed E-state index contributed by atoms with van der Waals surface area (Å²) in [6, 6.07) is 8.48. The first kappa shape index (κ1) is 14.4. The van der Waals surface area contributed by atoms with Gasteiger partial charge in [-0.25, -0.2) is 14.6 Å². The molecule has 0 amide bonds. The maximum Gasteiger partial charge on any atom is 0.352 e. The Labute approximate surface area is 137 Å². The highest BCUT2D eigenvalue weighted by Crippen LogP contribution is 2.26. The number of hydrogen-bond acceptors (Lipinski definition) is 5. The van der Waals surface area contributed by atoms with Crippen molar-refractivity contribution in [3.8, 4) is 0 Å². The minimum Gasteiger partial charge on any atom is -0.422 e. The lowest BCUT2D eigenvalue weighted by molar-refractivity contribution is 0.0712. The van der Waals surface area contributed by atoms with Crippen LogP contribution < -0.4 is 5.63 Å². The van der Waals surface area contributed by atoms with Crippen molar-refractivity contribution in [2.75, 3.05) is 0 Å². The largest absolute Gasteiger partial charge is 0.422 e. The molecule has 1 aliphatic heterocycles. The first-order valence-corrected chi connectivity index (χ1v) is 7.59. The standard InChI is InChI=1S/C19H13NO4/c21-18-15(11-13-6-2-4-8-16(13)23-18)19(22)24-17-14-7-3-1-5-12(14)9-10-20-17/h1-2,4-12H,3H2. The van der Waals surface area contributed by atoms with Gasteiger partial charge in [-0.2, -0.15) is 0 Å². The van der Waals surface area contributed by atoms with Gasteiger partial charge in [0.1, 0.15) is 11.1 Å². The van der Waals surface area contributed by atoms with Crippen LogP contribution in [0.15, 0.2) is 80.6 Å². The minimum absolute atomic E-state index is 0.0482. The maximum atomic E-state index is 12.4. The predicted octanol–water partition coefficient (Wildman–Crippen LogP) is 3.38. The fourth-order valence-electron chi connectivity index (χ4n) is 2.77. The van der Waals surface area contributed by atoms with E-state index in [1.165, 1.54) is 6.07 Å². The van der Waals surface area contributed by atoms with Gasteiger partial charge in [0.05, 0.1) is 0 Å². The molecule has 24 heavy (non-hydrogen) atoms. The van der Waals surface area contributed by atoms with Gasteiger partial charge in [0.25, 0.3) is 0 Å². The van der Waals surface area contributed by atoms with Gasteiger partial charge in [-0.3, -0.25) is 0 Å². The Morgan fingerprint density at radius 1 is 1.25 bits per heavy atom. The summed E-state index contributed by atoms with van der Waals surface area (Å²) in [5, 5.41) is 0.659. The van der Waals surface area contributed by atoms with Crippen LogP contribution in [0.3, 0.4) is 0 Å². The Morgan fingerprint density at radius 3 is 3.04 bits per heavy atom. The van der Waals surface area contributed by atoms with E-state index in [1.807, 2.05) is 24.3 Å². The average molecular weight is 319 g/mol. The van der Waals surface area contributed by atoms with E-state index in [4.69, 9.17) is 9.15 Å².